The van der Waals surface area contributed by atoms with Gasteiger partial charge in [-0.05, 0) is 54.8 Å². The molecule has 0 bridgehead atoms. The quantitative estimate of drug-likeness (QED) is 0.288. The summed E-state index contributed by atoms with van der Waals surface area (Å²) in [4.78, 5) is 7.43. The fourth-order valence-electron chi connectivity index (χ4n) is 4.79. The van der Waals surface area contributed by atoms with E-state index in [1.54, 1.807) is 17.4 Å². The zero-order valence-electron chi connectivity index (χ0n) is 19.3. The van der Waals surface area contributed by atoms with Crippen LogP contribution in [0, 0.1) is 11.6 Å². The Morgan fingerprint density at radius 2 is 1.75 bits per heavy atom. The predicted molar refractivity (Wildman–Crippen MR) is 150 cm³/mol. The van der Waals surface area contributed by atoms with Gasteiger partial charge < -0.3 is 15.5 Å². The number of aliphatic imine (C=N–C) groups is 1. The van der Waals surface area contributed by atoms with Gasteiger partial charge in [0.25, 0.3) is 0 Å². The Balaban J connectivity index is 0.00000152. The Labute approximate surface area is 225 Å². The average Bonchev–Trinajstić information content (AvgIpc) is 3.13. The molecule has 3 aromatic carbocycles. The number of hydrogen-bond acceptors (Lipinski definition) is 5. The van der Waals surface area contributed by atoms with Crippen molar-refractivity contribution in [2.45, 2.75) is 18.9 Å². The lowest BCUT2D eigenvalue weighted by atomic mass is 10.0. The van der Waals surface area contributed by atoms with Gasteiger partial charge >= 0.3 is 0 Å². The topological polar surface area (TPSA) is 39.7 Å². The maximum atomic E-state index is 14.0. The van der Waals surface area contributed by atoms with Gasteiger partial charge in [0.05, 0.1) is 16.9 Å². The van der Waals surface area contributed by atoms with E-state index in [1.807, 2.05) is 24.3 Å². The van der Waals surface area contributed by atoms with Crippen LogP contribution in [0.2, 0.25) is 0 Å². The van der Waals surface area contributed by atoms with Gasteiger partial charge in [0.2, 0.25) is 0 Å². The van der Waals surface area contributed by atoms with E-state index in [4.69, 9.17) is 4.99 Å². The van der Waals surface area contributed by atoms with Crippen molar-refractivity contribution >= 4 is 68.4 Å². The van der Waals surface area contributed by atoms with E-state index >= 15 is 0 Å². The highest BCUT2D eigenvalue weighted by molar-refractivity contribution is 7.23. The van der Waals surface area contributed by atoms with Gasteiger partial charge in [-0.3, -0.25) is 0 Å². The number of hydrogen-bond donors (Lipinski definition) is 2. The Morgan fingerprint density at radius 3 is 2.58 bits per heavy atom. The van der Waals surface area contributed by atoms with E-state index in [0.29, 0.717) is 11.7 Å². The molecular formula is C27H26Cl2F2N4S. The minimum Gasteiger partial charge on any atom is -0.353 e. The molecule has 0 aliphatic carbocycles. The molecule has 4 aromatic rings. The molecule has 2 aliphatic heterocycles. The molecule has 6 rings (SSSR count). The maximum Gasteiger partial charge on any atom is 0.140 e. The molecular weight excluding hydrogens is 521 g/mol. The Morgan fingerprint density at radius 1 is 0.972 bits per heavy atom. The molecule has 1 saturated heterocycles. The minimum absolute atomic E-state index is 0. The molecule has 3 heterocycles. The van der Waals surface area contributed by atoms with Crippen LogP contribution in [0.25, 0.3) is 10.1 Å². The van der Waals surface area contributed by atoms with Gasteiger partial charge in [0, 0.05) is 35.8 Å². The molecule has 1 atom stereocenters. The largest absolute Gasteiger partial charge is 0.353 e. The highest BCUT2D eigenvalue weighted by atomic mass is 35.5. The maximum absolute atomic E-state index is 14.0. The molecule has 4 nitrogen and oxygen atoms in total. The van der Waals surface area contributed by atoms with Gasteiger partial charge in [-0.25, -0.2) is 13.8 Å². The second kappa shape index (κ2) is 11.1. The van der Waals surface area contributed by atoms with Gasteiger partial charge in [0.15, 0.2) is 0 Å². The third kappa shape index (κ3) is 5.20. The number of nitrogens with one attached hydrogen (secondary N) is 2. The van der Waals surface area contributed by atoms with Crippen LogP contribution in [0.3, 0.4) is 0 Å². The molecule has 0 saturated carbocycles. The van der Waals surface area contributed by atoms with Crippen molar-refractivity contribution in [3.63, 3.8) is 0 Å². The SMILES string of the molecule is Cl.Cl.Fc1ccc(CC[C@H]2CN(C3=Nc4ccc(F)cc4Nc4sc5ccccc5c43)CCN2)cc1. The monoisotopic (exact) mass is 546 g/mol. The number of anilines is 2. The third-order valence-electron chi connectivity index (χ3n) is 6.50. The van der Waals surface area contributed by atoms with Gasteiger partial charge in [-0.1, -0.05) is 30.3 Å². The summed E-state index contributed by atoms with van der Waals surface area (Å²) in [5, 5.41) is 9.24. The van der Waals surface area contributed by atoms with Crippen molar-refractivity contribution in [3.05, 3.63) is 89.5 Å². The normalized spacial score (nSPS) is 16.6. The Hall–Kier alpha value is -2.71. The predicted octanol–water partition coefficient (Wildman–Crippen LogP) is 7.07. The van der Waals surface area contributed by atoms with Crippen LogP contribution < -0.4 is 10.6 Å². The number of halogens is 4. The lowest BCUT2D eigenvalue weighted by Crippen LogP contribution is -2.52. The Bertz CT molecular complexity index is 1390. The van der Waals surface area contributed by atoms with Gasteiger partial charge in [-0.15, -0.1) is 36.2 Å². The molecule has 9 heteroatoms. The van der Waals surface area contributed by atoms with Crippen LogP contribution in [0.4, 0.5) is 25.2 Å². The van der Waals surface area contributed by atoms with E-state index in [0.717, 1.165) is 65.5 Å². The highest BCUT2D eigenvalue weighted by Gasteiger charge is 2.29. The summed E-state index contributed by atoms with van der Waals surface area (Å²) in [6.45, 7) is 2.51. The fourth-order valence-corrected chi connectivity index (χ4v) is 5.90. The number of thiophene rings is 1. The molecule has 0 amide bonds. The second-order valence-corrected chi connectivity index (χ2v) is 9.84. The zero-order valence-corrected chi connectivity index (χ0v) is 21.8. The minimum atomic E-state index is -0.282. The standard InChI is InChI=1S/C27H24F2N4S.2ClH/c28-18-8-5-17(6-9-18)7-11-20-16-33(14-13-30-20)26-25-21-3-1-2-4-24(21)34-27(25)32-23-15-19(29)10-12-22(23)31-26;;/h1-6,8-10,12,15,20,30,32H,7,11,13-14,16H2;2*1H/t20-;;/m0../s1. The van der Waals surface area contributed by atoms with E-state index < -0.39 is 0 Å². The van der Waals surface area contributed by atoms with Crippen LogP contribution in [0.1, 0.15) is 17.5 Å². The van der Waals surface area contributed by atoms with E-state index in [1.165, 1.54) is 29.0 Å². The molecule has 0 unspecified atom stereocenters. The van der Waals surface area contributed by atoms with E-state index in [2.05, 4.69) is 27.7 Å². The first-order valence-corrected chi connectivity index (χ1v) is 12.4. The summed E-state index contributed by atoms with van der Waals surface area (Å²) in [7, 11) is 0. The molecule has 188 valence electrons. The van der Waals surface area contributed by atoms with Crippen LogP contribution in [0.15, 0.2) is 71.7 Å². The lowest BCUT2D eigenvalue weighted by molar-refractivity contribution is 0.282. The van der Waals surface area contributed by atoms with Crippen LogP contribution in [-0.4, -0.2) is 36.4 Å². The van der Waals surface area contributed by atoms with Crippen molar-refractivity contribution in [2.24, 2.45) is 4.99 Å². The summed E-state index contributed by atoms with van der Waals surface area (Å²) < 4.78 is 28.5. The first kappa shape index (κ1) is 26.4. The molecule has 1 fully saturated rings. The third-order valence-corrected chi connectivity index (χ3v) is 7.59. The number of aryl methyl sites for hydroxylation is 1. The van der Waals surface area contributed by atoms with Crippen molar-refractivity contribution in [3.8, 4) is 0 Å². The van der Waals surface area contributed by atoms with E-state index in [9.17, 15) is 8.78 Å². The molecule has 36 heavy (non-hydrogen) atoms. The summed E-state index contributed by atoms with van der Waals surface area (Å²) in [6, 6.07) is 20.1. The fraction of sp³-hybridized carbons (Fsp3) is 0.222. The van der Waals surface area contributed by atoms with Crippen LogP contribution in [-0.2, 0) is 6.42 Å². The molecule has 1 aromatic heterocycles. The molecule has 0 radical (unpaired) electrons. The number of fused-ring (bicyclic) bond motifs is 4. The van der Waals surface area contributed by atoms with Crippen molar-refractivity contribution in [1.82, 2.24) is 10.2 Å². The van der Waals surface area contributed by atoms with E-state index in [-0.39, 0.29) is 36.4 Å². The zero-order chi connectivity index (χ0) is 23.1. The van der Waals surface area contributed by atoms with Crippen LogP contribution in [0.5, 0.6) is 0 Å². The molecule has 0 spiro atoms. The lowest BCUT2D eigenvalue weighted by Gasteiger charge is -2.36. The van der Waals surface area contributed by atoms with Crippen molar-refractivity contribution in [2.75, 3.05) is 25.0 Å². The van der Waals surface area contributed by atoms with Crippen molar-refractivity contribution in [1.29, 1.82) is 0 Å². The number of benzene rings is 3. The number of piperazine rings is 1. The number of amidine groups is 1. The van der Waals surface area contributed by atoms with Gasteiger partial charge in [0.1, 0.15) is 22.5 Å². The smallest absolute Gasteiger partial charge is 0.140 e. The molecule has 2 aliphatic rings. The highest BCUT2D eigenvalue weighted by Crippen LogP contribution is 2.43. The summed E-state index contributed by atoms with van der Waals surface area (Å²) in [6.07, 6.45) is 1.83. The summed E-state index contributed by atoms with van der Waals surface area (Å²) >= 11 is 1.67. The summed E-state index contributed by atoms with van der Waals surface area (Å²) in [5.74, 6) is 0.443. The first-order valence-electron chi connectivity index (χ1n) is 11.5. The second-order valence-electron chi connectivity index (χ2n) is 8.79. The number of rotatable bonds is 3. The first-order chi connectivity index (χ1) is 16.6. The van der Waals surface area contributed by atoms with Gasteiger partial charge in [-0.2, -0.15) is 0 Å². The average molecular weight is 548 g/mol. The number of nitrogens with zero attached hydrogens (tertiary/aromatic N) is 2. The summed E-state index contributed by atoms with van der Waals surface area (Å²) in [5.41, 5.74) is 3.64. The van der Waals surface area contributed by atoms with Crippen LogP contribution >= 0.6 is 36.2 Å². The van der Waals surface area contributed by atoms with Crippen molar-refractivity contribution < 1.29 is 8.78 Å². The Kier molecular flexibility index (Phi) is 8.15. The molecule has 2 N–H and O–H groups in total.